The number of hydrogen-bond acceptors (Lipinski definition) is 1. The zero-order valence-electron chi connectivity index (χ0n) is 11.8. The van der Waals surface area contributed by atoms with Gasteiger partial charge in [-0.15, -0.1) is 0 Å². The van der Waals surface area contributed by atoms with Crippen LogP contribution in [0.5, 0.6) is 0 Å². The molecule has 0 aromatic carbocycles. The summed E-state index contributed by atoms with van der Waals surface area (Å²) in [7, 11) is -1.63. The van der Waals surface area contributed by atoms with Crippen LogP contribution in [0.4, 0.5) is 0 Å². The van der Waals surface area contributed by atoms with E-state index in [0.717, 1.165) is 19.3 Å². The van der Waals surface area contributed by atoms with Gasteiger partial charge in [0, 0.05) is 6.10 Å². The van der Waals surface area contributed by atoms with Crippen molar-refractivity contribution in [2.75, 3.05) is 0 Å². The van der Waals surface area contributed by atoms with Crippen LogP contribution in [0.2, 0.25) is 18.1 Å². The monoisotopic (exact) mass is 316 g/mol. The van der Waals surface area contributed by atoms with E-state index in [1.54, 1.807) is 0 Å². The molecular formula is C14H25BrOSi. The molecule has 1 atom stereocenters. The van der Waals surface area contributed by atoms with E-state index in [9.17, 15) is 0 Å². The highest BCUT2D eigenvalue weighted by molar-refractivity contribution is 9.11. The zero-order chi connectivity index (χ0) is 13.3. The smallest absolute Gasteiger partial charge is 0.192 e. The molecule has 0 spiro atoms. The standard InChI is InChI=1S/C14H25BrOSi/c1-11-7-8-13(9-12(11)10-15)16-17(5,6)14(2,3)4/h10,13H,1,7-9H2,2-6H3/b12-10-/t13-/m0/s1. The van der Waals surface area contributed by atoms with Crippen molar-refractivity contribution in [3.05, 3.63) is 22.7 Å². The third kappa shape index (κ3) is 3.80. The normalized spacial score (nSPS) is 25.4. The van der Waals surface area contributed by atoms with Gasteiger partial charge in [-0.1, -0.05) is 48.9 Å². The van der Waals surface area contributed by atoms with Crippen LogP contribution in [0.1, 0.15) is 40.0 Å². The molecule has 0 aliphatic heterocycles. The summed E-state index contributed by atoms with van der Waals surface area (Å²) in [6, 6.07) is 0. The van der Waals surface area contributed by atoms with Crippen LogP contribution in [0, 0.1) is 0 Å². The molecule has 0 aromatic heterocycles. The van der Waals surface area contributed by atoms with Crippen LogP contribution in [0.3, 0.4) is 0 Å². The van der Waals surface area contributed by atoms with Crippen LogP contribution in [0.25, 0.3) is 0 Å². The molecule has 3 heteroatoms. The van der Waals surface area contributed by atoms with Gasteiger partial charge in [-0.3, -0.25) is 0 Å². The number of rotatable bonds is 2. The third-order valence-corrected chi connectivity index (χ3v) is 9.16. The summed E-state index contributed by atoms with van der Waals surface area (Å²) >= 11 is 3.43. The van der Waals surface area contributed by atoms with Crippen molar-refractivity contribution in [2.24, 2.45) is 0 Å². The van der Waals surface area contributed by atoms with E-state index >= 15 is 0 Å². The molecule has 0 aromatic rings. The van der Waals surface area contributed by atoms with Gasteiger partial charge in [-0.05, 0) is 48.0 Å². The molecule has 0 heterocycles. The Labute approximate surface area is 116 Å². The van der Waals surface area contributed by atoms with E-state index in [1.807, 2.05) is 4.99 Å². The summed E-state index contributed by atoms with van der Waals surface area (Å²) in [4.78, 5) is 2.01. The fraction of sp³-hybridized carbons (Fsp3) is 0.714. The Morgan fingerprint density at radius 1 is 1.41 bits per heavy atom. The predicted molar refractivity (Wildman–Crippen MR) is 82.1 cm³/mol. The van der Waals surface area contributed by atoms with Crippen LogP contribution in [-0.4, -0.2) is 14.4 Å². The first kappa shape index (κ1) is 15.2. The lowest BCUT2D eigenvalue weighted by molar-refractivity contribution is 0.165. The molecular weight excluding hydrogens is 292 g/mol. The Hall–Kier alpha value is 0.137. The van der Waals surface area contributed by atoms with E-state index in [1.165, 1.54) is 11.1 Å². The molecule has 1 rings (SSSR count). The minimum atomic E-state index is -1.63. The van der Waals surface area contributed by atoms with Crippen molar-refractivity contribution >= 4 is 24.2 Å². The highest BCUT2D eigenvalue weighted by Gasteiger charge is 2.39. The third-order valence-electron chi connectivity index (χ3n) is 4.07. The summed E-state index contributed by atoms with van der Waals surface area (Å²) in [5.41, 5.74) is 2.58. The molecule has 0 radical (unpaired) electrons. The molecule has 0 bridgehead atoms. The summed E-state index contributed by atoms with van der Waals surface area (Å²) in [5.74, 6) is 0. The van der Waals surface area contributed by atoms with E-state index in [4.69, 9.17) is 4.43 Å². The van der Waals surface area contributed by atoms with Gasteiger partial charge in [0.05, 0.1) is 0 Å². The Morgan fingerprint density at radius 2 is 2.00 bits per heavy atom. The minimum absolute atomic E-state index is 0.291. The van der Waals surface area contributed by atoms with Gasteiger partial charge in [0.15, 0.2) is 8.32 Å². The Kier molecular flexibility index (Phi) is 4.84. The van der Waals surface area contributed by atoms with Gasteiger partial charge >= 0.3 is 0 Å². The quantitative estimate of drug-likeness (QED) is 0.620. The lowest BCUT2D eigenvalue weighted by Crippen LogP contribution is -2.44. The van der Waals surface area contributed by atoms with Crippen LogP contribution in [0.15, 0.2) is 22.7 Å². The largest absolute Gasteiger partial charge is 0.414 e. The van der Waals surface area contributed by atoms with Crippen molar-refractivity contribution in [3.8, 4) is 0 Å². The molecule has 1 saturated carbocycles. The maximum Gasteiger partial charge on any atom is 0.192 e. The van der Waals surface area contributed by atoms with Gasteiger partial charge in [0.1, 0.15) is 0 Å². The minimum Gasteiger partial charge on any atom is -0.414 e. The Balaban J connectivity index is 2.68. The molecule has 0 N–H and O–H groups in total. The molecule has 1 nitrogen and oxygen atoms in total. The average molecular weight is 317 g/mol. The number of allylic oxidation sites excluding steroid dienone is 1. The molecule has 1 aliphatic carbocycles. The van der Waals surface area contributed by atoms with Gasteiger partial charge in [0.25, 0.3) is 0 Å². The van der Waals surface area contributed by atoms with Gasteiger partial charge in [0.2, 0.25) is 0 Å². The van der Waals surface area contributed by atoms with Crippen molar-refractivity contribution < 1.29 is 4.43 Å². The van der Waals surface area contributed by atoms with E-state index in [0.29, 0.717) is 11.1 Å². The summed E-state index contributed by atoms with van der Waals surface area (Å²) < 4.78 is 6.46. The molecule has 98 valence electrons. The van der Waals surface area contributed by atoms with Crippen molar-refractivity contribution in [2.45, 2.75) is 64.3 Å². The maximum absolute atomic E-state index is 6.46. The first-order valence-corrected chi connectivity index (χ1v) is 10.1. The van der Waals surface area contributed by atoms with Gasteiger partial charge < -0.3 is 4.43 Å². The maximum atomic E-state index is 6.46. The molecule has 1 fully saturated rings. The lowest BCUT2D eigenvalue weighted by atomic mass is 9.90. The zero-order valence-corrected chi connectivity index (χ0v) is 14.4. The average Bonchev–Trinajstić information content (AvgIpc) is 2.19. The summed E-state index contributed by atoms with van der Waals surface area (Å²) in [5, 5.41) is 0.291. The summed E-state index contributed by atoms with van der Waals surface area (Å²) in [6.45, 7) is 15.6. The fourth-order valence-electron chi connectivity index (χ4n) is 1.80. The molecule has 0 amide bonds. The number of hydrogen-bond donors (Lipinski definition) is 0. The van der Waals surface area contributed by atoms with E-state index in [-0.39, 0.29) is 0 Å². The summed E-state index contributed by atoms with van der Waals surface area (Å²) in [6.07, 6.45) is 3.58. The van der Waals surface area contributed by atoms with E-state index in [2.05, 4.69) is 56.4 Å². The predicted octanol–water partition coefficient (Wildman–Crippen LogP) is 5.40. The number of halogens is 1. The molecule has 0 saturated heterocycles. The first-order chi connectivity index (χ1) is 7.67. The fourth-order valence-corrected chi connectivity index (χ4v) is 3.70. The van der Waals surface area contributed by atoms with Crippen molar-refractivity contribution in [1.82, 2.24) is 0 Å². The molecule has 17 heavy (non-hydrogen) atoms. The van der Waals surface area contributed by atoms with Crippen LogP contribution >= 0.6 is 15.9 Å². The van der Waals surface area contributed by atoms with Crippen LogP contribution < -0.4 is 0 Å². The Bertz CT molecular complexity index is 326. The first-order valence-electron chi connectivity index (χ1n) is 6.32. The molecule has 1 aliphatic rings. The highest BCUT2D eigenvalue weighted by atomic mass is 79.9. The lowest BCUT2D eigenvalue weighted by Gasteiger charge is -2.41. The highest BCUT2D eigenvalue weighted by Crippen LogP contribution is 2.40. The van der Waals surface area contributed by atoms with Crippen LogP contribution in [-0.2, 0) is 4.43 Å². The second kappa shape index (κ2) is 5.41. The second-order valence-corrected chi connectivity index (χ2v) is 11.7. The van der Waals surface area contributed by atoms with E-state index < -0.39 is 8.32 Å². The Morgan fingerprint density at radius 3 is 2.47 bits per heavy atom. The molecule has 0 unspecified atom stereocenters. The SMILES string of the molecule is C=C1CC[C@H](O[Si](C)(C)C(C)(C)C)C/C1=C/Br. The van der Waals surface area contributed by atoms with Crippen molar-refractivity contribution in [1.29, 1.82) is 0 Å². The van der Waals surface area contributed by atoms with Crippen molar-refractivity contribution in [3.63, 3.8) is 0 Å². The second-order valence-electron chi connectivity index (χ2n) is 6.48. The van der Waals surface area contributed by atoms with Gasteiger partial charge in [-0.2, -0.15) is 0 Å². The van der Waals surface area contributed by atoms with Gasteiger partial charge in [-0.25, -0.2) is 0 Å². The topological polar surface area (TPSA) is 9.23 Å².